The van der Waals surface area contributed by atoms with Crippen LogP contribution in [0.15, 0.2) is 18.5 Å². The molecule has 3 heteroatoms. The van der Waals surface area contributed by atoms with Crippen LogP contribution in [0.4, 0.5) is 0 Å². The van der Waals surface area contributed by atoms with E-state index in [1.54, 1.807) is 11.3 Å². The monoisotopic (exact) mass is 171 g/mol. The van der Waals surface area contributed by atoms with Gasteiger partial charge in [-0.25, -0.2) is 0 Å². The number of halogens is 1. The van der Waals surface area contributed by atoms with E-state index in [0.29, 0.717) is 5.88 Å². The lowest BCUT2D eigenvalue weighted by Gasteiger charge is -1.78. The highest BCUT2D eigenvalue weighted by atomic mass is 35.5. The number of fused-ring (bicyclic) bond motifs is 1. The Kier molecular flexibility index (Phi) is 1.43. The van der Waals surface area contributed by atoms with E-state index in [0.717, 1.165) is 0 Å². The second-order valence-electron chi connectivity index (χ2n) is 2.12. The van der Waals surface area contributed by atoms with Gasteiger partial charge in [0.1, 0.15) is 0 Å². The highest BCUT2D eigenvalue weighted by Crippen LogP contribution is 2.25. The fourth-order valence-corrected chi connectivity index (χ4v) is 2.10. The molecule has 1 N–H and O–H groups in total. The normalized spacial score (nSPS) is 10.9. The first-order chi connectivity index (χ1) is 4.90. The number of thiophene rings is 1. The van der Waals surface area contributed by atoms with Crippen LogP contribution in [-0.2, 0) is 5.88 Å². The summed E-state index contributed by atoms with van der Waals surface area (Å²) in [4.78, 5) is 4.27. The standard InChI is InChI=1S/C7H6ClNS/c8-2-6-1-5-3-9-4-7(5)10-6/h1,3-4,9H,2H2. The summed E-state index contributed by atoms with van der Waals surface area (Å²) in [5.74, 6) is 0.624. The molecule has 0 aliphatic rings. The van der Waals surface area contributed by atoms with Gasteiger partial charge in [0.15, 0.2) is 0 Å². The van der Waals surface area contributed by atoms with E-state index in [2.05, 4.69) is 11.1 Å². The molecule has 0 bridgehead atoms. The molecule has 0 aliphatic heterocycles. The Morgan fingerprint density at radius 2 is 2.40 bits per heavy atom. The van der Waals surface area contributed by atoms with Crippen molar-refractivity contribution >= 4 is 33.0 Å². The molecule has 0 aromatic carbocycles. The van der Waals surface area contributed by atoms with Gasteiger partial charge in [0.25, 0.3) is 0 Å². The third kappa shape index (κ3) is 0.842. The molecule has 0 saturated carbocycles. The van der Waals surface area contributed by atoms with Crippen LogP contribution >= 0.6 is 22.9 Å². The van der Waals surface area contributed by atoms with Gasteiger partial charge in [-0.05, 0) is 6.07 Å². The fourth-order valence-electron chi connectivity index (χ4n) is 0.973. The van der Waals surface area contributed by atoms with Crippen molar-refractivity contribution < 1.29 is 0 Å². The van der Waals surface area contributed by atoms with Gasteiger partial charge in [0.2, 0.25) is 0 Å². The van der Waals surface area contributed by atoms with E-state index in [1.165, 1.54) is 15.0 Å². The van der Waals surface area contributed by atoms with Gasteiger partial charge in [0, 0.05) is 22.7 Å². The maximum absolute atomic E-state index is 5.66. The quantitative estimate of drug-likeness (QED) is 0.635. The second-order valence-corrected chi connectivity index (χ2v) is 3.56. The Labute approximate surface area is 67.6 Å². The molecule has 52 valence electrons. The van der Waals surface area contributed by atoms with Crippen molar-refractivity contribution in [3.05, 3.63) is 23.3 Å². The van der Waals surface area contributed by atoms with Crippen molar-refractivity contribution in [1.82, 2.24) is 4.98 Å². The third-order valence-corrected chi connectivity index (χ3v) is 2.97. The van der Waals surface area contributed by atoms with Crippen LogP contribution in [0.1, 0.15) is 4.88 Å². The van der Waals surface area contributed by atoms with Gasteiger partial charge >= 0.3 is 0 Å². The molecule has 10 heavy (non-hydrogen) atoms. The maximum atomic E-state index is 5.66. The number of hydrogen-bond donors (Lipinski definition) is 1. The summed E-state index contributed by atoms with van der Waals surface area (Å²) < 4.78 is 1.29. The highest BCUT2D eigenvalue weighted by Gasteiger charge is 1.99. The number of aromatic nitrogens is 1. The van der Waals surface area contributed by atoms with Crippen molar-refractivity contribution in [2.24, 2.45) is 0 Å². The molecular formula is C7H6ClNS. The summed E-state index contributed by atoms with van der Waals surface area (Å²) in [7, 11) is 0. The Morgan fingerprint density at radius 3 is 3.10 bits per heavy atom. The Hall–Kier alpha value is -0.470. The first-order valence-corrected chi connectivity index (χ1v) is 4.36. The first kappa shape index (κ1) is 6.25. The molecule has 2 aromatic heterocycles. The molecule has 0 fully saturated rings. The first-order valence-electron chi connectivity index (χ1n) is 3.01. The fraction of sp³-hybridized carbons (Fsp3) is 0.143. The molecule has 1 nitrogen and oxygen atoms in total. The number of rotatable bonds is 1. The van der Waals surface area contributed by atoms with E-state index in [9.17, 15) is 0 Å². The predicted molar refractivity (Wildman–Crippen MR) is 45.7 cm³/mol. The van der Waals surface area contributed by atoms with Crippen LogP contribution in [0, 0.1) is 0 Å². The van der Waals surface area contributed by atoms with Crippen LogP contribution < -0.4 is 0 Å². The van der Waals surface area contributed by atoms with Crippen molar-refractivity contribution in [2.75, 3.05) is 0 Å². The molecule has 2 rings (SSSR count). The highest BCUT2D eigenvalue weighted by molar-refractivity contribution is 7.19. The van der Waals surface area contributed by atoms with E-state index in [-0.39, 0.29) is 0 Å². The molecule has 2 heterocycles. The zero-order valence-electron chi connectivity index (χ0n) is 5.23. The third-order valence-electron chi connectivity index (χ3n) is 1.43. The SMILES string of the molecule is ClCc1cc2c[nH]cc2s1. The molecule has 0 amide bonds. The number of nitrogens with one attached hydrogen (secondary N) is 1. The van der Waals surface area contributed by atoms with Gasteiger partial charge in [-0.1, -0.05) is 0 Å². The predicted octanol–water partition coefficient (Wildman–Crippen LogP) is 2.97. The lowest BCUT2D eigenvalue weighted by atomic mass is 10.4. The molecule has 0 aliphatic carbocycles. The Bertz CT molecular complexity index is 307. The lowest BCUT2D eigenvalue weighted by Crippen LogP contribution is -1.60. The summed E-state index contributed by atoms with van der Waals surface area (Å²) >= 11 is 7.40. The van der Waals surface area contributed by atoms with Crippen LogP contribution in [0.3, 0.4) is 0 Å². The van der Waals surface area contributed by atoms with Crippen LogP contribution in [0.25, 0.3) is 10.1 Å². The Balaban J connectivity index is 2.67. The molecule has 0 saturated heterocycles. The van der Waals surface area contributed by atoms with Crippen molar-refractivity contribution in [3.63, 3.8) is 0 Å². The zero-order valence-corrected chi connectivity index (χ0v) is 6.80. The Morgan fingerprint density at radius 1 is 1.50 bits per heavy atom. The largest absolute Gasteiger partial charge is 0.366 e. The van der Waals surface area contributed by atoms with Gasteiger partial charge in [0.05, 0.1) is 10.6 Å². The zero-order chi connectivity index (χ0) is 6.97. The van der Waals surface area contributed by atoms with E-state index in [4.69, 9.17) is 11.6 Å². The number of alkyl halides is 1. The maximum Gasteiger partial charge on any atom is 0.0568 e. The summed E-state index contributed by atoms with van der Waals surface area (Å²) in [6.45, 7) is 0. The van der Waals surface area contributed by atoms with Gasteiger partial charge in [-0.2, -0.15) is 0 Å². The summed E-state index contributed by atoms with van der Waals surface area (Å²) in [6.07, 6.45) is 3.98. The number of aromatic amines is 1. The van der Waals surface area contributed by atoms with Crippen molar-refractivity contribution in [3.8, 4) is 0 Å². The molecular weight excluding hydrogens is 166 g/mol. The molecule has 0 unspecified atom stereocenters. The van der Waals surface area contributed by atoms with E-state index >= 15 is 0 Å². The molecule has 0 atom stereocenters. The van der Waals surface area contributed by atoms with Gasteiger partial charge in [-0.15, -0.1) is 22.9 Å². The minimum Gasteiger partial charge on any atom is -0.366 e. The summed E-state index contributed by atoms with van der Waals surface area (Å²) in [5.41, 5.74) is 0. The average Bonchev–Trinajstić information content (AvgIpc) is 2.42. The molecule has 2 aromatic rings. The average molecular weight is 172 g/mol. The topological polar surface area (TPSA) is 15.8 Å². The molecule has 0 spiro atoms. The molecule has 0 radical (unpaired) electrons. The summed E-state index contributed by atoms with van der Waals surface area (Å²) in [5, 5.41) is 1.26. The smallest absolute Gasteiger partial charge is 0.0568 e. The minimum absolute atomic E-state index is 0.624. The van der Waals surface area contributed by atoms with Crippen LogP contribution in [0.2, 0.25) is 0 Å². The van der Waals surface area contributed by atoms with Crippen molar-refractivity contribution in [1.29, 1.82) is 0 Å². The second kappa shape index (κ2) is 2.29. The van der Waals surface area contributed by atoms with Crippen LogP contribution in [0.5, 0.6) is 0 Å². The number of hydrogen-bond acceptors (Lipinski definition) is 1. The minimum atomic E-state index is 0.624. The van der Waals surface area contributed by atoms with E-state index in [1.807, 2.05) is 12.4 Å². The lowest BCUT2D eigenvalue weighted by molar-refractivity contribution is 1.43. The van der Waals surface area contributed by atoms with Gasteiger partial charge < -0.3 is 4.98 Å². The number of H-pyrrole nitrogens is 1. The van der Waals surface area contributed by atoms with Crippen LogP contribution in [-0.4, -0.2) is 4.98 Å². The van der Waals surface area contributed by atoms with E-state index < -0.39 is 0 Å². The van der Waals surface area contributed by atoms with Crippen molar-refractivity contribution in [2.45, 2.75) is 5.88 Å². The van der Waals surface area contributed by atoms with Gasteiger partial charge in [-0.3, -0.25) is 0 Å². The summed E-state index contributed by atoms with van der Waals surface area (Å²) in [6, 6.07) is 2.11.